The number of rotatable bonds is 5. The van der Waals surface area contributed by atoms with E-state index < -0.39 is 0 Å². The largest absolute Gasteiger partial charge is 0.395 e. The highest BCUT2D eigenvalue weighted by molar-refractivity contribution is 5.94. The molecule has 1 fully saturated rings. The normalized spacial score (nSPS) is 17.4. The molecule has 5 heteroatoms. The first-order chi connectivity index (χ1) is 14.3. The van der Waals surface area contributed by atoms with Crippen LogP contribution in [-0.4, -0.2) is 58.1 Å². The second kappa shape index (κ2) is 8.99. The lowest BCUT2D eigenvalue weighted by molar-refractivity contribution is 0.0196. The molecule has 0 radical (unpaired) electrons. The number of aliphatic hydroxyl groups excluding tert-OH is 1. The van der Waals surface area contributed by atoms with Crippen LogP contribution >= 0.6 is 0 Å². The standard InChI is InChI=1S/C24H25N3O2/c28-18-22-17-26(24(29)21-12-7-13-25-16-21)14-15-27(22)23(19-8-3-1-4-9-19)20-10-5-2-6-11-20/h1-13,16,22-23,28H,14-15,17-18H2/t22-/m0/s1. The van der Waals surface area contributed by atoms with Crippen LogP contribution in [0.5, 0.6) is 0 Å². The summed E-state index contributed by atoms with van der Waals surface area (Å²) in [6.07, 6.45) is 3.26. The minimum atomic E-state index is -0.144. The Hall–Kier alpha value is -3.02. The van der Waals surface area contributed by atoms with Gasteiger partial charge in [0.2, 0.25) is 0 Å². The molecule has 0 spiro atoms. The number of hydrogen-bond acceptors (Lipinski definition) is 4. The van der Waals surface area contributed by atoms with Crippen molar-refractivity contribution in [3.63, 3.8) is 0 Å². The number of hydrogen-bond donors (Lipinski definition) is 1. The average Bonchev–Trinajstić information content (AvgIpc) is 2.81. The van der Waals surface area contributed by atoms with E-state index in [1.807, 2.05) is 41.3 Å². The molecule has 148 valence electrons. The first-order valence-corrected chi connectivity index (χ1v) is 9.93. The predicted octanol–water partition coefficient (Wildman–Crippen LogP) is 2.99. The summed E-state index contributed by atoms with van der Waals surface area (Å²) in [5.41, 5.74) is 2.95. The fourth-order valence-electron chi connectivity index (χ4n) is 4.07. The highest BCUT2D eigenvalue weighted by Crippen LogP contribution is 2.32. The fraction of sp³-hybridized carbons (Fsp3) is 0.250. The summed E-state index contributed by atoms with van der Waals surface area (Å²) in [4.78, 5) is 21.1. The molecule has 1 saturated heterocycles. The Kier molecular flexibility index (Phi) is 5.98. The smallest absolute Gasteiger partial charge is 0.255 e. The van der Waals surface area contributed by atoms with Gasteiger partial charge < -0.3 is 10.0 Å². The Labute approximate surface area is 171 Å². The molecule has 3 aromatic rings. The van der Waals surface area contributed by atoms with Gasteiger partial charge >= 0.3 is 0 Å². The number of carbonyl (C=O) groups is 1. The van der Waals surface area contributed by atoms with Gasteiger partial charge in [-0.25, -0.2) is 0 Å². The molecule has 1 aromatic heterocycles. The number of aliphatic hydroxyl groups is 1. The van der Waals surface area contributed by atoms with Gasteiger partial charge in [-0.15, -0.1) is 0 Å². The Morgan fingerprint density at radius 2 is 1.62 bits per heavy atom. The van der Waals surface area contributed by atoms with E-state index in [2.05, 4.69) is 34.1 Å². The molecule has 1 aliphatic rings. The van der Waals surface area contributed by atoms with Crippen molar-refractivity contribution >= 4 is 5.91 Å². The van der Waals surface area contributed by atoms with Crippen molar-refractivity contribution in [2.75, 3.05) is 26.2 Å². The van der Waals surface area contributed by atoms with Crippen LogP contribution < -0.4 is 0 Å². The monoisotopic (exact) mass is 387 g/mol. The Bertz CT molecular complexity index is 879. The van der Waals surface area contributed by atoms with Crippen molar-refractivity contribution < 1.29 is 9.90 Å². The molecule has 1 N–H and O–H groups in total. The number of amides is 1. The maximum atomic E-state index is 12.9. The van der Waals surface area contributed by atoms with Crippen molar-refractivity contribution in [3.05, 3.63) is 102 Å². The third-order valence-electron chi connectivity index (χ3n) is 5.50. The lowest BCUT2D eigenvalue weighted by Gasteiger charge is -2.45. The first kappa shape index (κ1) is 19.3. The molecule has 4 rings (SSSR count). The molecule has 2 aromatic carbocycles. The van der Waals surface area contributed by atoms with Crippen LogP contribution in [0.15, 0.2) is 85.2 Å². The van der Waals surface area contributed by atoms with E-state index in [1.165, 1.54) is 11.1 Å². The molecule has 1 amide bonds. The first-order valence-electron chi connectivity index (χ1n) is 9.93. The van der Waals surface area contributed by atoms with E-state index in [0.29, 0.717) is 25.2 Å². The van der Waals surface area contributed by atoms with Crippen molar-refractivity contribution in [1.29, 1.82) is 0 Å². The number of benzene rings is 2. The van der Waals surface area contributed by atoms with Gasteiger partial charge in [0.05, 0.1) is 24.3 Å². The Morgan fingerprint density at radius 3 is 2.17 bits per heavy atom. The Balaban J connectivity index is 1.61. The number of nitrogens with zero attached hydrogens (tertiary/aromatic N) is 3. The van der Waals surface area contributed by atoms with E-state index in [1.54, 1.807) is 24.5 Å². The summed E-state index contributed by atoms with van der Waals surface area (Å²) in [5, 5.41) is 10.2. The molecule has 0 bridgehead atoms. The molecule has 1 aliphatic heterocycles. The van der Waals surface area contributed by atoms with Crippen molar-refractivity contribution in [2.24, 2.45) is 0 Å². The number of aromatic nitrogens is 1. The van der Waals surface area contributed by atoms with Crippen LogP contribution in [-0.2, 0) is 0 Å². The van der Waals surface area contributed by atoms with Crippen LogP contribution in [0.4, 0.5) is 0 Å². The van der Waals surface area contributed by atoms with Gasteiger partial charge in [-0.05, 0) is 23.3 Å². The second-order valence-corrected chi connectivity index (χ2v) is 7.29. The summed E-state index contributed by atoms with van der Waals surface area (Å²) in [6.45, 7) is 1.78. The zero-order valence-electron chi connectivity index (χ0n) is 16.3. The SMILES string of the molecule is O=C(c1cccnc1)N1CCN(C(c2ccccc2)c2ccccc2)[C@H](CO)C1. The quantitative estimate of drug-likeness (QED) is 0.731. The highest BCUT2D eigenvalue weighted by Gasteiger charge is 2.35. The predicted molar refractivity (Wildman–Crippen MR) is 112 cm³/mol. The highest BCUT2D eigenvalue weighted by atomic mass is 16.3. The summed E-state index contributed by atoms with van der Waals surface area (Å²) in [7, 11) is 0. The van der Waals surface area contributed by atoms with E-state index in [4.69, 9.17) is 0 Å². The zero-order chi connectivity index (χ0) is 20.1. The molecule has 29 heavy (non-hydrogen) atoms. The average molecular weight is 387 g/mol. The molecule has 0 aliphatic carbocycles. The maximum absolute atomic E-state index is 12.9. The summed E-state index contributed by atoms with van der Waals surface area (Å²) in [6, 6.07) is 24.1. The van der Waals surface area contributed by atoms with Crippen molar-refractivity contribution in [2.45, 2.75) is 12.1 Å². The van der Waals surface area contributed by atoms with Gasteiger partial charge in [-0.2, -0.15) is 0 Å². The van der Waals surface area contributed by atoms with Gasteiger partial charge in [0.15, 0.2) is 0 Å². The number of piperazine rings is 1. The van der Waals surface area contributed by atoms with E-state index >= 15 is 0 Å². The van der Waals surface area contributed by atoms with Crippen LogP contribution in [0.3, 0.4) is 0 Å². The van der Waals surface area contributed by atoms with Crippen LogP contribution in [0.1, 0.15) is 27.5 Å². The third kappa shape index (κ3) is 4.21. The minimum absolute atomic E-state index is 0.00696. The van der Waals surface area contributed by atoms with Gasteiger partial charge in [0, 0.05) is 32.0 Å². The summed E-state index contributed by atoms with van der Waals surface area (Å²) in [5.74, 6) is -0.0350. The van der Waals surface area contributed by atoms with Crippen molar-refractivity contribution in [1.82, 2.24) is 14.8 Å². The molecule has 0 unspecified atom stereocenters. The lowest BCUT2D eigenvalue weighted by atomic mass is 9.94. The van der Waals surface area contributed by atoms with Gasteiger partial charge in [-0.3, -0.25) is 14.7 Å². The Morgan fingerprint density at radius 1 is 0.966 bits per heavy atom. The van der Waals surface area contributed by atoms with Crippen molar-refractivity contribution in [3.8, 4) is 0 Å². The number of carbonyl (C=O) groups excluding carboxylic acids is 1. The zero-order valence-corrected chi connectivity index (χ0v) is 16.3. The summed E-state index contributed by atoms with van der Waals surface area (Å²) < 4.78 is 0. The van der Waals surface area contributed by atoms with E-state index in [9.17, 15) is 9.90 Å². The van der Waals surface area contributed by atoms with Crippen LogP contribution in [0, 0.1) is 0 Å². The van der Waals surface area contributed by atoms with Gasteiger partial charge in [0.25, 0.3) is 5.91 Å². The topological polar surface area (TPSA) is 56.7 Å². The minimum Gasteiger partial charge on any atom is -0.395 e. The van der Waals surface area contributed by atoms with Crippen LogP contribution in [0.25, 0.3) is 0 Å². The van der Waals surface area contributed by atoms with E-state index in [-0.39, 0.29) is 24.6 Å². The second-order valence-electron chi connectivity index (χ2n) is 7.29. The van der Waals surface area contributed by atoms with Gasteiger partial charge in [0.1, 0.15) is 0 Å². The lowest BCUT2D eigenvalue weighted by Crippen LogP contribution is -2.57. The van der Waals surface area contributed by atoms with Crippen LogP contribution in [0.2, 0.25) is 0 Å². The molecule has 1 atom stereocenters. The number of pyridine rings is 1. The maximum Gasteiger partial charge on any atom is 0.255 e. The molecular weight excluding hydrogens is 362 g/mol. The third-order valence-corrected chi connectivity index (χ3v) is 5.50. The fourth-order valence-corrected chi connectivity index (χ4v) is 4.07. The summed E-state index contributed by atoms with van der Waals surface area (Å²) >= 11 is 0. The molecular formula is C24H25N3O2. The van der Waals surface area contributed by atoms with E-state index in [0.717, 1.165) is 0 Å². The molecule has 0 saturated carbocycles. The molecule has 2 heterocycles. The molecule has 5 nitrogen and oxygen atoms in total. The van der Waals surface area contributed by atoms with Gasteiger partial charge in [-0.1, -0.05) is 60.7 Å².